The summed E-state index contributed by atoms with van der Waals surface area (Å²) in [6.07, 6.45) is 2.29. The third kappa shape index (κ3) is 5.47. The normalized spacial score (nSPS) is 14.1. The summed E-state index contributed by atoms with van der Waals surface area (Å²) in [7, 11) is 0. The summed E-state index contributed by atoms with van der Waals surface area (Å²) in [6, 6.07) is 13.6. The van der Waals surface area contributed by atoms with Crippen LogP contribution in [-0.2, 0) is 17.7 Å². The lowest BCUT2D eigenvalue weighted by Crippen LogP contribution is -2.35. The smallest absolute Gasteiger partial charge is 0.252 e. The number of aliphatic hydroxyl groups excluding tert-OH is 1. The van der Waals surface area contributed by atoms with Gasteiger partial charge in [0.15, 0.2) is 5.65 Å². The zero-order valence-electron chi connectivity index (χ0n) is 21.4. The van der Waals surface area contributed by atoms with Crippen molar-refractivity contribution in [3.63, 3.8) is 0 Å². The molecule has 2 aromatic carbocycles. The predicted octanol–water partition coefficient (Wildman–Crippen LogP) is 3.23. The molecule has 0 saturated carbocycles. The molecule has 198 valence electrons. The fourth-order valence-corrected chi connectivity index (χ4v) is 4.73. The lowest BCUT2D eigenvalue weighted by atomic mass is 10.0. The van der Waals surface area contributed by atoms with Crippen molar-refractivity contribution in [1.29, 1.82) is 0 Å². The first-order valence-electron chi connectivity index (χ1n) is 12.8. The zero-order chi connectivity index (χ0) is 26.5. The Bertz CT molecular complexity index is 1410. The number of aliphatic hydroxyl groups is 1. The number of H-pyrrole nitrogens is 1. The summed E-state index contributed by atoms with van der Waals surface area (Å²) in [5, 5.41) is 12.5. The Labute approximate surface area is 220 Å². The van der Waals surface area contributed by atoms with E-state index in [0.29, 0.717) is 28.4 Å². The van der Waals surface area contributed by atoms with Gasteiger partial charge in [-0.3, -0.25) is 9.69 Å². The first-order valence-corrected chi connectivity index (χ1v) is 12.8. The second-order valence-corrected chi connectivity index (χ2v) is 9.10. The highest BCUT2D eigenvalue weighted by molar-refractivity contribution is 6.06. The van der Waals surface area contributed by atoms with E-state index in [-0.39, 0.29) is 18.8 Å². The second-order valence-electron chi connectivity index (χ2n) is 9.10. The van der Waals surface area contributed by atoms with Gasteiger partial charge in [0.2, 0.25) is 0 Å². The van der Waals surface area contributed by atoms with E-state index in [4.69, 9.17) is 20.3 Å². The van der Waals surface area contributed by atoms with E-state index in [1.54, 1.807) is 0 Å². The minimum atomic E-state index is -0.578. The molecular weight excluding hydrogens is 484 g/mol. The predicted molar refractivity (Wildman–Crippen MR) is 146 cm³/mol. The first-order chi connectivity index (χ1) is 18.6. The summed E-state index contributed by atoms with van der Waals surface area (Å²) in [5.74, 6) is 0.674. The molecule has 5 N–H and O–H groups in total. The van der Waals surface area contributed by atoms with Crippen LogP contribution in [-0.4, -0.2) is 70.4 Å². The number of amides is 1. The third-order valence-corrected chi connectivity index (χ3v) is 6.66. The van der Waals surface area contributed by atoms with Crippen LogP contribution in [0.5, 0.6) is 5.75 Å². The SMILES string of the molecule is CCc1c(CN2CCOCC2)cccc1Nc1c(C(N)=O)cnc2nc(-c3ccc(OCCO)cc3)[nH]c12. The number of benzene rings is 2. The van der Waals surface area contributed by atoms with Gasteiger partial charge in [0.1, 0.15) is 23.7 Å². The molecule has 1 aliphatic rings. The molecule has 0 atom stereocenters. The number of imidazole rings is 1. The molecule has 1 amide bonds. The number of ether oxygens (including phenoxy) is 2. The van der Waals surface area contributed by atoms with Crippen molar-refractivity contribution in [3.8, 4) is 17.1 Å². The number of carbonyl (C=O) groups excluding carboxylic acids is 1. The van der Waals surface area contributed by atoms with Gasteiger partial charge in [0.25, 0.3) is 5.91 Å². The molecule has 38 heavy (non-hydrogen) atoms. The Balaban J connectivity index is 1.50. The molecule has 10 heteroatoms. The van der Waals surface area contributed by atoms with Crippen molar-refractivity contribution in [2.45, 2.75) is 19.9 Å². The Morgan fingerprint density at radius 1 is 1.21 bits per heavy atom. The van der Waals surface area contributed by atoms with Crippen LogP contribution in [0.3, 0.4) is 0 Å². The zero-order valence-corrected chi connectivity index (χ0v) is 21.4. The topological polar surface area (TPSA) is 139 Å². The minimum absolute atomic E-state index is 0.0508. The van der Waals surface area contributed by atoms with Crippen molar-refractivity contribution in [1.82, 2.24) is 19.9 Å². The molecule has 0 spiro atoms. The number of hydrogen-bond donors (Lipinski definition) is 4. The molecule has 10 nitrogen and oxygen atoms in total. The number of aromatic nitrogens is 3. The van der Waals surface area contributed by atoms with Gasteiger partial charge in [-0.05, 0) is 47.9 Å². The number of hydrogen-bond acceptors (Lipinski definition) is 8. The van der Waals surface area contributed by atoms with Gasteiger partial charge in [-0.15, -0.1) is 0 Å². The molecule has 0 aliphatic carbocycles. The molecule has 1 fully saturated rings. The molecule has 1 saturated heterocycles. The summed E-state index contributed by atoms with van der Waals surface area (Å²) < 4.78 is 10.9. The van der Waals surface area contributed by atoms with Gasteiger partial charge in [-0.25, -0.2) is 9.97 Å². The van der Waals surface area contributed by atoms with Crippen molar-refractivity contribution in [3.05, 3.63) is 65.4 Å². The largest absolute Gasteiger partial charge is 0.491 e. The number of aromatic amines is 1. The van der Waals surface area contributed by atoms with Crippen molar-refractivity contribution < 1.29 is 19.4 Å². The maximum Gasteiger partial charge on any atom is 0.252 e. The van der Waals surface area contributed by atoms with Crippen LogP contribution in [0.25, 0.3) is 22.6 Å². The standard InChI is InChI=1S/C28H32N6O4/c1-2-21-19(17-34-10-13-37-14-11-34)4-3-5-23(21)31-24-22(26(29)36)16-30-28-25(24)32-27(33-28)18-6-8-20(9-7-18)38-15-12-35/h3-9,16,35H,2,10-15,17H2,1H3,(H2,29,36)(H2,30,31,32,33). The van der Waals surface area contributed by atoms with Gasteiger partial charge in [-0.1, -0.05) is 19.1 Å². The maximum atomic E-state index is 12.4. The summed E-state index contributed by atoms with van der Waals surface area (Å²) in [6.45, 7) is 6.45. The van der Waals surface area contributed by atoms with E-state index in [2.05, 4.69) is 38.2 Å². The molecular formula is C28H32N6O4. The lowest BCUT2D eigenvalue weighted by molar-refractivity contribution is 0.0341. The Morgan fingerprint density at radius 2 is 2.00 bits per heavy atom. The van der Waals surface area contributed by atoms with Crippen LogP contribution in [0.4, 0.5) is 11.4 Å². The number of nitrogens with two attached hydrogens (primary N) is 1. The number of carbonyl (C=O) groups is 1. The monoisotopic (exact) mass is 516 g/mol. The van der Waals surface area contributed by atoms with Crippen LogP contribution < -0.4 is 15.8 Å². The molecule has 3 heterocycles. The van der Waals surface area contributed by atoms with E-state index in [0.717, 1.165) is 50.5 Å². The number of nitrogens with zero attached hydrogens (tertiary/aromatic N) is 3. The molecule has 1 aliphatic heterocycles. The molecule has 4 aromatic rings. The number of anilines is 2. The average Bonchev–Trinajstić information content (AvgIpc) is 3.38. The maximum absolute atomic E-state index is 12.4. The number of morpholine rings is 1. The number of fused-ring (bicyclic) bond motifs is 1. The Hall–Kier alpha value is -3.99. The molecule has 0 unspecified atom stereocenters. The summed E-state index contributed by atoms with van der Waals surface area (Å²) in [4.78, 5) is 27.2. The lowest BCUT2D eigenvalue weighted by Gasteiger charge is -2.28. The van der Waals surface area contributed by atoms with Crippen molar-refractivity contribution >= 4 is 28.4 Å². The van der Waals surface area contributed by atoms with Crippen LogP contribution in [0.2, 0.25) is 0 Å². The van der Waals surface area contributed by atoms with E-state index >= 15 is 0 Å². The third-order valence-electron chi connectivity index (χ3n) is 6.66. The number of primary amides is 1. The number of rotatable bonds is 10. The Morgan fingerprint density at radius 3 is 2.71 bits per heavy atom. The van der Waals surface area contributed by atoms with E-state index in [9.17, 15) is 4.79 Å². The van der Waals surface area contributed by atoms with Gasteiger partial charge < -0.3 is 30.6 Å². The van der Waals surface area contributed by atoms with Gasteiger partial charge in [0, 0.05) is 37.1 Å². The quantitative estimate of drug-likeness (QED) is 0.252. The summed E-state index contributed by atoms with van der Waals surface area (Å²) >= 11 is 0. The molecule has 5 rings (SSSR count). The van der Waals surface area contributed by atoms with Gasteiger partial charge in [0.05, 0.1) is 31.1 Å². The molecule has 2 aromatic heterocycles. The van der Waals surface area contributed by atoms with Crippen molar-refractivity contribution in [2.75, 3.05) is 44.8 Å². The van der Waals surface area contributed by atoms with Crippen molar-refractivity contribution in [2.24, 2.45) is 5.73 Å². The Kier molecular flexibility index (Phi) is 7.83. The minimum Gasteiger partial charge on any atom is -0.491 e. The fraction of sp³-hybridized carbons (Fsp3) is 0.321. The van der Waals surface area contributed by atoms with Crippen LogP contribution in [0, 0.1) is 0 Å². The number of nitrogens with one attached hydrogen (secondary N) is 2. The molecule has 0 radical (unpaired) electrons. The van der Waals surface area contributed by atoms with Crippen LogP contribution >= 0.6 is 0 Å². The second kappa shape index (κ2) is 11.6. The van der Waals surface area contributed by atoms with Crippen LogP contribution in [0.1, 0.15) is 28.4 Å². The number of pyridine rings is 1. The highest BCUT2D eigenvalue weighted by Gasteiger charge is 2.20. The van der Waals surface area contributed by atoms with E-state index in [1.807, 2.05) is 36.4 Å². The summed E-state index contributed by atoms with van der Waals surface area (Å²) in [5.41, 5.74) is 11.8. The van der Waals surface area contributed by atoms with Gasteiger partial charge in [-0.2, -0.15) is 0 Å². The van der Waals surface area contributed by atoms with Crippen LogP contribution in [0.15, 0.2) is 48.7 Å². The van der Waals surface area contributed by atoms with Gasteiger partial charge >= 0.3 is 0 Å². The van der Waals surface area contributed by atoms with E-state index < -0.39 is 5.91 Å². The first kappa shape index (κ1) is 25.7. The highest BCUT2D eigenvalue weighted by Crippen LogP contribution is 2.33. The molecule has 0 bridgehead atoms. The fourth-order valence-electron chi connectivity index (χ4n) is 4.73. The average molecular weight is 517 g/mol. The highest BCUT2D eigenvalue weighted by atomic mass is 16.5. The van der Waals surface area contributed by atoms with E-state index in [1.165, 1.54) is 17.3 Å².